The molecule has 2 N–H and O–H groups in total. The summed E-state index contributed by atoms with van der Waals surface area (Å²) >= 11 is 0. The van der Waals surface area contributed by atoms with E-state index in [0.29, 0.717) is 12.6 Å². The minimum Gasteiger partial charge on any atom is -0.352 e. The number of aromatic amines is 1. The van der Waals surface area contributed by atoms with Crippen molar-refractivity contribution in [2.24, 2.45) is 0 Å². The normalized spacial score (nSPS) is 15.1. The van der Waals surface area contributed by atoms with Crippen molar-refractivity contribution in [1.82, 2.24) is 30.4 Å². The maximum atomic E-state index is 11.1. The van der Waals surface area contributed by atoms with E-state index in [-0.39, 0.29) is 18.3 Å². The van der Waals surface area contributed by atoms with Crippen molar-refractivity contribution in [3.8, 4) is 11.3 Å². The number of benzene rings is 1. The van der Waals surface area contributed by atoms with Crippen LogP contribution >= 0.6 is 12.4 Å². The molecule has 4 rings (SSSR count). The van der Waals surface area contributed by atoms with Gasteiger partial charge in [-0.05, 0) is 26.3 Å². The summed E-state index contributed by atoms with van der Waals surface area (Å²) in [6.07, 6.45) is 3.50. The second-order valence-corrected chi connectivity index (χ2v) is 8.38. The smallest absolute Gasteiger partial charge is 0.217 e. The summed E-state index contributed by atoms with van der Waals surface area (Å²) in [5.41, 5.74) is 6.51. The maximum Gasteiger partial charge on any atom is 0.217 e. The summed E-state index contributed by atoms with van der Waals surface area (Å²) < 4.78 is 0. The van der Waals surface area contributed by atoms with E-state index in [1.807, 2.05) is 24.3 Å². The molecule has 0 spiro atoms. The van der Waals surface area contributed by atoms with Crippen LogP contribution in [-0.4, -0.2) is 57.2 Å². The highest BCUT2D eigenvalue weighted by Crippen LogP contribution is 2.30. The van der Waals surface area contributed by atoms with E-state index in [4.69, 9.17) is 0 Å². The average Bonchev–Trinajstić information content (AvgIpc) is 3.15. The summed E-state index contributed by atoms with van der Waals surface area (Å²) in [4.78, 5) is 25.3. The van der Waals surface area contributed by atoms with Gasteiger partial charge in [0.1, 0.15) is 5.69 Å². The van der Waals surface area contributed by atoms with Crippen LogP contribution in [0.4, 0.5) is 5.82 Å². The minimum atomic E-state index is -0.0307. The highest BCUT2D eigenvalue weighted by atomic mass is 35.5. The molecule has 3 heterocycles. The topological polar surface area (TPSA) is 90.0 Å². The molecule has 1 unspecified atom stereocenters. The quantitative estimate of drug-likeness (QED) is 0.575. The van der Waals surface area contributed by atoms with Crippen molar-refractivity contribution < 1.29 is 4.79 Å². The number of aromatic nitrogens is 4. The first-order valence-corrected chi connectivity index (χ1v) is 11.1. The standard InChI is InChI=1S/C24H31N7O.ClH/c1-16-22(17(2)29-28-16)18(3)30-11-13-31(14-12-30)24-23(25-9-10-26-24)21-7-5-20(6-8-21)15-27-19(4)32;/h5-10,18H,11-15H2,1-4H3,(H,27,32)(H,28,29);1H. The number of carbonyl (C=O) groups is 1. The Morgan fingerprint density at radius 3 is 2.36 bits per heavy atom. The fourth-order valence-corrected chi connectivity index (χ4v) is 4.45. The second-order valence-electron chi connectivity index (χ2n) is 8.38. The van der Waals surface area contributed by atoms with Crippen molar-refractivity contribution in [3.05, 3.63) is 59.2 Å². The molecule has 1 aliphatic heterocycles. The second kappa shape index (κ2) is 10.8. The van der Waals surface area contributed by atoms with E-state index >= 15 is 0 Å². The van der Waals surface area contributed by atoms with Crippen LogP contribution in [0.1, 0.15) is 42.4 Å². The molecule has 0 bridgehead atoms. The van der Waals surface area contributed by atoms with Crippen molar-refractivity contribution in [3.63, 3.8) is 0 Å². The fraction of sp³-hybridized carbons (Fsp3) is 0.417. The molecule has 2 aromatic heterocycles. The van der Waals surface area contributed by atoms with Crippen molar-refractivity contribution >= 4 is 24.1 Å². The SMILES string of the molecule is CC(=O)NCc1ccc(-c2nccnc2N2CCN(C(C)c3c(C)n[nH]c3C)CC2)cc1.Cl. The molecule has 0 saturated carbocycles. The lowest BCUT2D eigenvalue weighted by atomic mass is 10.0. The number of aryl methyl sites for hydroxylation is 2. The lowest BCUT2D eigenvalue weighted by Gasteiger charge is -2.39. The molecule has 0 aliphatic carbocycles. The highest BCUT2D eigenvalue weighted by molar-refractivity contribution is 5.85. The van der Waals surface area contributed by atoms with Crippen LogP contribution < -0.4 is 10.2 Å². The molecule has 1 fully saturated rings. The van der Waals surface area contributed by atoms with Crippen LogP contribution in [0.25, 0.3) is 11.3 Å². The van der Waals surface area contributed by atoms with Gasteiger partial charge in [-0.15, -0.1) is 12.4 Å². The van der Waals surface area contributed by atoms with Crippen molar-refractivity contribution in [2.75, 3.05) is 31.1 Å². The van der Waals surface area contributed by atoms with Crippen LogP contribution in [0, 0.1) is 13.8 Å². The third-order valence-electron chi connectivity index (χ3n) is 6.21. The van der Waals surface area contributed by atoms with Crippen LogP contribution in [-0.2, 0) is 11.3 Å². The van der Waals surface area contributed by atoms with Crippen LogP contribution in [0.15, 0.2) is 36.7 Å². The molecular weight excluding hydrogens is 438 g/mol. The van der Waals surface area contributed by atoms with E-state index < -0.39 is 0 Å². The number of rotatable bonds is 6. The van der Waals surface area contributed by atoms with Crippen LogP contribution in [0.2, 0.25) is 0 Å². The summed E-state index contributed by atoms with van der Waals surface area (Å²) in [5, 5.41) is 10.3. The molecule has 33 heavy (non-hydrogen) atoms. The number of carbonyl (C=O) groups excluding carboxylic acids is 1. The number of hydrogen-bond acceptors (Lipinski definition) is 6. The summed E-state index contributed by atoms with van der Waals surface area (Å²) in [5.74, 6) is 0.891. The number of amides is 1. The molecule has 1 aromatic carbocycles. The van der Waals surface area contributed by atoms with Gasteiger partial charge in [0, 0.05) is 74.9 Å². The number of H-pyrrole nitrogens is 1. The zero-order valence-electron chi connectivity index (χ0n) is 19.6. The lowest BCUT2D eigenvalue weighted by molar-refractivity contribution is -0.119. The Morgan fingerprint density at radius 1 is 1.09 bits per heavy atom. The zero-order valence-corrected chi connectivity index (χ0v) is 20.4. The van der Waals surface area contributed by atoms with E-state index in [2.05, 4.69) is 56.1 Å². The van der Waals surface area contributed by atoms with Gasteiger partial charge in [0.05, 0.1) is 5.69 Å². The van der Waals surface area contributed by atoms with Gasteiger partial charge in [-0.25, -0.2) is 4.98 Å². The third-order valence-corrected chi connectivity index (χ3v) is 6.21. The predicted molar refractivity (Wildman–Crippen MR) is 132 cm³/mol. The number of anilines is 1. The summed E-state index contributed by atoms with van der Waals surface area (Å²) in [7, 11) is 0. The van der Waals surface area contributed by atoms with E-state index in [0.717, 1.165) is 60.2 Å². The molecule has 8 nitrogen and oxygen atoms in total. The minimum absolute atomic E-state index is 0. The number of piperazine rings is 1. The molecule has 1 atom stereocenters. The summed E-state index contributed by atoms with van der Waals surface area (Å²) in [6, 6.07) is 8.48. The van der Waals surface area contributed by atoms with Crippen LogP contribution in [0.5, 0.6) is 0 Å². The van der Waals surface area contributed by atoms with Gasteiger partial charge in [-0.3, -0.25) is 19.8 Å². The highest BCUT2D eigenvalue weighted by Gasteiger charge is 2.27. The number of nitrogens with zero attached hydrogens (tertiary/aromatic N) is 5. The van der Waals surface area contributed by atoms with Gasteiger partial charge < -0.3 is 10.2 Å². The monoisotopic (exact) mass is 469 g/mol. The Bertz CT molecular complexity index is 1060. The molecule has 0 radical (unpaired) electrons. The molecule has 3 aromatic rings. The Morgan fingerprint density at radius 2 is 1.76 bits per heavy atom. The van der Waals surface area contributed by atoms with Gasteiger partial charge in [-0.2, -0.15) is 5.10 Å². The first kappa shape index (κ1) is 24.7. The van der Waals surface area contributed by atoms with Gasteiger partial charge in [0.15, 0.2) is 5.82 Å². The maximum absolute atomic E-state index is 11.1. The van der Waals surface area contributed by atoms with Crippen molar-refractivity contribution in [2.45, 2.75) is 40.3 Å². The van der Waals surface area contributed by atoms with E-state index in [1.165, 1.54) is 12.5 Å². The largest absolute Gasteiger partial charge is 0.352 e. The summed E-state index contributed by atoms with van der Waals surface area (Å²) in [6.45, 7) is 12.2. The molecule has 9 heteroatoms. The Labute approximate surface area is 201 Å². The molecule has 1 saturated heterocycles. The van der Waals surface area contributed by atoms with Crippen LogP contribution in [0.3, 0.4) is 0 Å². The molecular formula is C24H32ClN7O. The molecule has 1 amide bonds. The van der Waals surface area contributed by atoms with Gasteiger partial charge >= 0.3 is 0 Å². The lowest BCUT2D eigenvalue weighted by Crippen LogP contribution is -2.47. The van der Waals surface area contributed by atoms with Gasteiger partial charge in [0.25, 0.3) is 0 Å². The fourth-order valence-electron chi connectivity index (χ4n) is 4.45. The number of nitrogens with one attached hydrogen (secondary N) is 2. The predicted octanol–water partition coefficient (Wildman–Crippen LogP) is 3.42. The van der Waals surface area contributed by atoms with E-state index in [9.17, 15) is 4.79 Å². The average molecular weight is 470 g/mol. The molecule has 176 valence electrons. The molecule has 1 aliphatic rings. The Balaban J connectivity index is 0.00000306. The first-order valence-electron chi connectivity index (χ1n) is 11.1. The Hall–Kier alpha value is -2.97. The first-order chi connectivity index (χ1) is 15.4. The van der Waals surface area contributed by atoms with Gasteiger partial charge in [0.2, 0.25) is 5.91 Å². The Kier molecular flexibility index (Phi) is 8.05. The van der Waals surface area contributed by atoms with Gasteiger partial charge in [-0.1, -0.05) is 24.3 Å². The van der Waals surface area contributed by atoms with E-state index in [1.54, 1.807) is 12.4 Å². The number of halogens is 1. The van der Waals surface area contributed by atoms with Crippen molar-refractivity contribution in [1.29, 1.82) is 0 Å². The number of hydrogen-bond donors (Lipinski definition) is 2. The zero-order chi connectivity index (χ0) is 22.7. The third kappa shape index (κ3) is 5.51.